The number of nitrogens with zero attached hydrogens (tertiary/aromatic N) is 3. The molecule has 1 saturated heterocycles. The fourth-order valence-electron chi connectivity index (χ4n) is 4.53. The third-order valence-corrected chi connectivity index (χ3v) is 7.65. The number of alkyl halides is 2. The number of fused-ring (bicyclic) bond motifs is 1. The van der Waals surface area contributed by atoms with Gasteiger partial charge in [-0.25, -0.2) is 26.9 Å². The van der Waals surface area contributed by atoms with Gasteiger partial charge in [0.25, 0.3) is 11.5 Å². The van der Waals surface area contributed by atoms with E-state index in [-0.39, 0.29) is 60.2 Å². The highest BCUT2D eigenvalue weighted by Gasteiger charge is 2.70. The number of hydrogen-bond acceptors (Lipinski definition) is 5. The molecule has 0 radical (unpaired) electrons. The molecule has 0 aromatic carbocycles. The van der Waals surface area contributed by atoms with Crippen molar-refractivity contribution in [3.8, 4) is 11.1 Å². The van der Waals surface area contributed by atoms with Gasteiger partial charge in [0, 0.05) is 75.2 Å². The lowest BCUT2D eigenvalue weighted by atomic mass is 9.92. The van der Waals surface area contributed by atoms with Crippen LogP contribution in [0.15, 0.2) is 40.4 Å². The number of aromatic amines is 1. The summed E-state index contributed by atoms with van der Waals surface area (Å²) in [5.41, 5.74) is -1.71. The van der Waals surface area contributed by atoms with Gasteiger partial charge in [-0.1, -0.05) is 0 Å². The van der Waals surface area contributed by atoms with Gasteiger partial charge in [0.15, 0.2) is 0 Å². The molecule has 3 aromatic rings. The van der Waals surface area contributed by atoms with Crippen molar-refractivity contribution in [3.63, 3.8) is 0 Å². The predicted molar refractivity (Wildman–Crippen MR) is 116 cm³/mol. The SMILES string of the molecule is [2H]C([2H])([2H])NS(=O)(=O)c1cnc(N2CCC3(CC2)CC3(F)F)c(-c2cn(C([2H])([2H])[2H])c(=O)c3[nH]ccc23)c1. The standard InChI is InChI=1S/C21H23F2N5O3S/c1-24-32(30,31)13-9-15(16-11-27(2)19(29)17-14(16)3-6-25-17)18(26-10-13)28-7-4-20(5-8-28)12-21(20,22)23/h3,6,9-11,24-25H,4-5,7-8,12H2,1-2H3/i1D3,2D3. The second-order valence-electron chi connectivity index (χ2n) is 8.28. The van der Waals surface area contributed by atoms with Crippen LogP contribution in [0.1, 0.15) is 27.5 Å². The van der Waals surface area contributed by atoms with E-state index in [1.807, 2.05) is 0 Å². The van der Waals surface area contributed by atoms with Gasteiger partial charge in [0.2, 0.25) is 10.0 Å². The highest BCUT2D eigenvalue weighted by atomic mass is 32.2. The zero-order chi connectivity index (χ0) is 27.9. The fraction of sp³-hybridized carbons (Fsp3) is 0.429. The maximum absolute atomic E-state index is 14.0. The number of sulfonamides is 1. The topological polar surface area (TPSA) is 100 Å². The van der Waals surface area contributed by atoms with Crippen molar-refractivity contribution >= 4 is 26.7 Å². The molecule has 170 valence electrons. The summed E-state index contributed by atoms with van der Waals surface area (Å²) in [7, 11) is -4.59. The van der Waals surface area contributed by atoms with Crippen LogP contribution in [0.5, 0.6) is 0 Å². The number of pyridine rings is 2. The third kappa shape index (κ3) is 3.06. The summed E-state index contributed by atoms with van der Waals surface area (Å²) in [5, 5.41) is 0.277. The lowest BCUT2D eigenvalue weighted by Gasteiger charge is -2.34. The molecular formula is C21H23F2N5O3S. The van der Waals surface area contributed by atoms with Crippen LogP contribution in [0.4, 0.5) is 14.6 Å². The number of anilines is 1. The molecule has 1 spiro atoms. The van der Waals surface area contributed by atoms with Crippen LogP contribution in [0.2, 0.25) is 0 Å². The zero-order valence-electron chi connectivity index (χ0n) is 22.7. The average Bonchev–Trinajstić information content (AvgIpc) is 3.10. The van der Waals surface area contributed by atoms with Gasteiger partial charge < -0.3 is 14.5 Å². The number of halogens is 2. The molecule has 5 rings (SSSR count). The Balaban J connectivity index is 1.69. The van der Waals surface area contributed by atoms with Crippen molar-refractivity contribution in [3.05, 3.63) is 41.1 Å². The molecule has 0 bridgehead atoms. The minimum atomic E-state index is -4.59. The van der Waals surface area contributed by atoms with Crippen molar-refractivity contribution in [2.45, 2.75) is 30.1 Å². The molecule has 2 N–H and O–H groups in total. The number of nitrogens with one attached hydrogen (secondary N) is 2. The molecule has 4 heterocycles. The van der Waals surface area contributed by atoms with E-state index in [1.165, 1.54) is 12.3 Å². The quantitative estimate of drug-likeness (QED) is 0.612. The van der Waals surface area contributed by atoms with E-state index in [9.17, 15) is 22.0 Å². The van der Waals surface area contributed by atoms with Crippen LogP contribution < -0.4 is 15.2 Å². The smallest absolute Gasteiger partial charge is 0.274 e. The van der Waals surface area contributed by atoms with Crippen LogP contribution in [0, 0.1) is 5.41 Å². The van der Waals surface area contributed by atoms with Crippen molar-refractivity contribution in [2.75, 3.05) is 25.0 Å². The second-order valence-corrected chi connectivity index (χ2v) is 9.96. The Labute approximate surface area is 191 Å². The molecule has 8 nitrogen and oxygen atoms in total. The van der Waals surface area contributed by atoms with Gasteiger partial charge in [-0.05, 0) is 32.0 Å². The molecule has 1 aliphatic heterocycles. The Hall–Kier alpha value is -2.79. The minimum Gasteiger partial charge on any atom is -0.357 e. The van der Waals surface area contributed by atoms with E-state index in [0.29, 0.717) is 4.57 Å². The van der Waals surface area contributed by atoms with E-state index >= 15 is 0 Å². The Morgan fingerprint density at radius 1 is 1.28 bits per heavy atom. The maximum atomic E-state index is 14.0. The first kappa shape index (κ1) is 15.1. The lowest BCUT2D eigenvalue weighted by Crippen LogP contribution is -2.37. The number of aromatic nitrogens is 3. The highest BCUT2D eigenvalue weighted by Crippen LogP contribution is 2.66. The predicted octanol–water partition coefficient (Wildman–Crippen LogP) is 2.46. The van der Waals surface area contributed by atoms with Crippen molar-refractivity contribution in [1.82, 2.24) is 19.3 Å². The van der Waals surface area contributed by atoms with Crippen molar-refractivity contribution in [1.29, 1.82) is 0 Å². The summed E-state index contributed by atoms with van der Waals surface area (Å²) in [6.45, 7) is -5.54. The molecule has 0 unspecified atom stereocenters. The van der Waals surface area contributed by atoms with Crippen molar-refractivity contribution < 1.29 is 25.4 Å². The van der Waals surface area contributed by atoms with Gasteiger partial charge in [-0.3, -0.25) is 4.79 Å². The highest BCUT2D eigenvalue weighted by molar-refractivity contribution is 7.89. The second kappa shape index (κ2) is 6.85. The molecule has 32 heavy (non-hydrogen) atoms. The number of H-pyrrole nitrogens is 1. The summed E-state index contributed by atoms with van der Waals surface area (Å²) < 4.78 is 101. The molecule has 3 aromatic heterocycles. The van der Waals surface area contributed by atoms with E-state index in [1.54, 1.807) is 9.62 Å². The minimum absolute atomic E-state index is 0.0475. The molecule has 1 saturated carbocycles. The largest absolute Gasteiger partial charge is 0.357 e. The van der Waals surface area contributed by atoms with Crippen molar-refractivity contribution in [2.24, 2.45) is 12.4 Å². The van der Waals surface area contributed by atoms with Crippen LogP contribution in [0.3, 0.4) is 0 Å². The summed E-state index contributed by atoms with van der Waals surface area (Å²) in [5.74, 6) is -2.55. The third-order valence-electron chi connectivity index (χ3n) is 6.54. The van der Waals surface area contributed by atoms with E-state index in [0.717, 1.165) is 18.5 Å². The van der Waals surface area contributed by atoms with E-state index in [4.69, 9.17) is 8.22 Å². The molecule has 11 heteroatoms. The first-order valence-electron chi connectivity index (χ1n) is 12.8. The number of rotatable bonds is 4. The molecule has 2 aliphatic rings. The number of aryl methyl sites for hydroxylation is 1. The first-order chi connectivity index (χ1) is 17.4. The zero-order valence-corrected chi connectivity index (χ0v) is 17.5. The van der Waals surface area contributed by atoms with E-state index < -0.39 is 45.8 Å². The molecular weight excluding hydrogens is 440 g/mol. The Morgan fingerprint density at radius 3 is 2.69 bits per heavy atom. The maximum Gasteiger partial charge on any atom is 0.274 e. The Kier molecular flexibility index (Phi) is 3.24. The monoisotopic (exact) mass is 469 g/mol. The van der Waals surface area contributed by atoms with Crippen LogP contribution in [-0.2, 0) is 17.0 Å². The Morgan fingerprint density at radius 2 is 2.03 bits per heavy atom. The lowest BCUT2D eigenvalue weighted by molar-refractivity contribution is 0.0536. The number of hydrogen-bond donors (Lipinski definition) is 2. The van der Waals surface area contributed by atoms with E-state index in [2.05, 4.69) is 9.97 Å². The molecule has 0 atom stereocenters. The van der Waals surface area contributed by atoms with Crippen LogP contribution >= 0.6 is 0 Å². The summed E-state index contributed by atoms with van der Waals surface area (Å²) in [6, 6.07) is 2.65. The van der Waals surface area contributed by atoms with Gasteiger partial charge >= 0.3 is 0 Å². The summed E-state index contributed by atoms with van der Waals surface area (Å²) in [4.78, 5) is 21.0. The van der Waals surface area contributed by atoms with Gasteiger partial charge in [-0.2, -0.15) is 0 Å². The number of piperidine rings is 1. The molecule has 1 aliphatic carbocycles. The van der Waals surface area contributed by atoms with Crippen LogP contribution in [-0.4, -0.2) is 48.9 Å². The normalized spacial score (nSPS) is 23.1. The summed E-state index contributed by atoms with van der Waals surface area (Å²) in [6.07, 6.45) is 3.60. The van der Waals surface area contributed by atoms with Gasteiger partial charge in [0.1, 0.15) is 16.2 Å². The fourth-order valence-corrected chi connectivity index (χ4v) is 5.11. The van der Waals surface area contributed by atoms with Gasteiger partial charge in [-0.15, -0.1) is 0 Å². The summed E-state index contributed by atoms with van der Waals surface area (Å²) >= 11 is 0. The van der Waals surface area contributed by atoms with Crippen LogP contribution in [0.25, 0.3) is 22.0 Å². The Bertz CT molecular complexity index is 1590. The first-order valence-corrected chi connectivity index (χ1v) is 11.3. The van der Waals surface area contributed by atoms with Gasteiger partial charge in [0.05, 0.1) is 0 Å². The molecule has 0 amide bonds. The molecule has 2 fully saturated rings. The average molecular weight is 470 g/mol.